The fraction of sp³-hybridized carbons (Fsp3) is 0.650. The Balaban J connectivity index is 2.04. The van der Waals surface area contributed by atoms with E-state index in [4.69, 9.17) is 4.76 Å². The van der Waals surface area contributed by atoms with E-state index < -0.39 is 7.59 Å². The van der Waals surface area contributed by atoms with Crippen LogP contribution in [0.25, 0.3) is 0 Å². The molecule has 0 unspecified atom stereocenters. The van der Waals surface area contributed by atoms with Gasteiger partial charge in [-0.3, -0.25) is 4.57 Å². The summed E-state index contributed by atoms with van der Waals surface area (Å²) >= 11 is 0. The largest absolute Gasteiger partial charge is 0.330 e. The maximum absolute atomic E-state index is 14.3. The van der Waals surface area contributed by atoms with Gasteiger partial charge in [-0.15, -0.1) is 0 Å². The van der Waals surface area contributed by atoms with Crippen molar-refractivity contribution in [2.45, 2.75) is 84.5 Å². The van der Waals surface area contributed by atoms with E-state index in [-0.39, 0.29) is 12.1 Å². The predicted molar refractivity (Wildman–Crippen MR) is 106 cm³/mol. The van der Waals surface area contributed by atoms with Crippen molar-refractivity contribution in [2.24, 2.45) is 4.76 Å². The number of aryl methyl sites for hydroxylation is 1. The second kappa shape index (κ2) is 7.34. The van der Waals surface area contributed by atoms with Crippen molar-refractivity contribution in [2.75, 3.05) is 0 Å². The highest BCUT2D eigenvalue weighted by atomic mass is 31.2. The van der Waals surface area contributed by atoms with Gasteiger partial charge in [-0.1, -0.05) is 37.1 Å². The normalized spacial score (nSPS) is 27.5. The Bertz CT molecular complexity index is 657. The molecule has 0 N–H and O–H groups in total. The SMILES string of the molecule is Cc1ccccc1/C=N/P1(=O)N(C(C)C)[C@@H]2CCCC[C@H]2N1C(C)C. The first kappa shape index (κ1) is 18.8. The maximum atomic E-state index is 14.3. The highest BCUT2D eigenvalue weighted by Crippen LogP contribution is 2.66. The van der Waals surface area contributed by atoms with Crippen LogP contribution in [0.3, 0.4) is 0 Å². The molecule has 25 heavy (non-hydrogen) atoms. The van der Waals surface area contributed by atoms with E-state index in [0.29, 0.717) is 12.1 Å². The molecule has 2 fully saturated rings. The van der Waals surface area contributed by atoms with E-state index in [0.717, 1.165) is 18.4 Å². The lowest BCUT2D eigenvalue weighted by Crippen LogP contribution is -2.43. The minimum absolute atomic E-state index is 0.231. The molecule has 0 bridgehead atoms. The lowest BCUT2D eigenvalue weighted by molar-refractivity contribution is 0.173. The molecule has 1 aromatic carbocycles. The van der Waals surface area contributed by atoms with Crippen LogP contribution in [0, 0.1) is 6.92 Å². The van der Waals surface area contributed by atoms with Gasteiger partial charge in [0.2, 0.25) is 0 Å². The van der Waals surface area contributed by atoms with Crippen LogP contribution in [-0.2, 0) is 4.57 Å². The number of fused-ring (bicyclic) bond motifs is 1. The second-order valence-corrected chi connectivity index (χ2v) is 10.2. The molecule has 1 saturated carbocycles. The minimum atomic E-state index is -2.96. The molecule has 0 amide bonds. The Morgan fingerprint density at radius 1 is 1.04 bits per heavy atom. The van der Waals surface area contributed by atoms with Crippen LogP contribution in [-0.4, -0.2) is 39.7 Å². The van der Waals surface area contributed by atoms with E-state index >= 15 is 0 Å². The zero-order valence-electron chi connectivity index (χ0n) is 16.2. The molecule has 3 rings (SSSR count). The summed E-state index contributed by atoms with van der Waals surface area (Å²) < 4.78 is 23.5. The summed E-state index contributed by atoms with van der Waals surface area (Å²) in [5.74, 6) is 0. The molecule has 2 aliphatic rings. The monoisotopic (exact) mass is 361 g/mol. The molecule has 1 aliphatic heterocycles. The fourth-order valence-corrected chi connectivity index (χ4v) is 7.84. The molecule has 0 aromatic heterocycles. The highest BCUT2D eigenvalue weighted by Gasteiger charge is 2.56. The van der Waals surface area contributed by atoms with E-state index in [1.165, 1.54) is 18.4 Å². The van der Waals surface area contributed by atoms with Crippen LogP contribution in [0.15, 0.2) is 29.0 Å². The first-order valence-corrected chi connectivity index (χ1v) is 11.2. The van der Waals surface area contributed by atoms with Gasteiger partial charge in [0.1, 0.15) is 0 Å². The molecule has 5 heteroatoms. The van der Waals surface area contributed by atoms with Crippen molar-refractivity contribution >= 4 is 13.8 Å². The number of nitrogens with zero attached hydrogens (tertiary/aromatic N) is 3. The van der Waals surface area contributed by atoms with Gasteiger partial charge in [0, 0.05) is 30.4 Å². The Morgan fingerprint density at radius 2 is 1.56 bits per heavy atom. The van der Waals surface area contributed by atoms with Crippen LogP contribution in [0.5, 0.6) is 0 Å². The third kappa shape index (κ3) is 3.37. The van der Waals surface area contributed by atoms with Gasteiger partial charge in [0.05, 0.1) is 0 Å². The summed E-state index contributed by atoms with van der Waals surface area (Å²) in [4.78, 5) is 0. The number of benzene rings is 1. The van der Waals surface area contributed by atoms with Crippen LogP contribution in [0.2, 0.25) is 0 Å². The first-order valence-electron chi connectivity index (χ1n) is 9.65. The molecule has 0 radical (unpaired) electrons. The predicted octanol–water partition coefficient (Wildman–Crippen LogP) is 5.27. The van der Waals surface area contributed by atoms with Crippen LogP contribution in [0.4, 0.5) is 0 Å². The average Bonchev–Trinajstić information content (AvgIpc) is 2.82. The van der Waals surface area contributed by atoms with Gasteiger partial charge in [-0.2, -0.15) is 0 Å². The van der Waals surface area contributed by atoms with E-state index in [9.17, 15) is 4.57 Å². The van der Waals surface area contributed by atoms with Crippen molar-refractivity contribution in [3.8, 4) is 0 Å². The van der Waals surface area contributed by atoms with E-state index in [1.54, 1.807) is 0 Å². The van der Waals surface area contributed by atoms with Crippen LogP contribution < -0.4 is 0 Å². The first-order chi connectivity index (χ1) is 11.9. The Labute approximate surface area is 152 Å². The van der Waals surface area contributed by atoms with Crippen LogP contribution >= 0.6 is 7.59 Å². The molecule has 4 nitrogen and oxygen atoms in total. The molecule has 1 aliphatic carbocycles. The standard InChI is InChI=1S/C20H32N3OP/c1-15(2)22-19-12-8-9-13-20(19)23(16(3)4)25(22,24)21-14-18-11-7-6-10-17(18)5/h6-7,10-11,14-16,19-20H,8-9,12-13H2,1-5H3/b21-14+/t19-,20-/m1/s1. The zero-order valence-corrected chi connectivity index (χ0v) is 17.1. The summed E-state index contributed by atoms with van der Waals surface area (Å²) in [6, 6.07) is 9.37. The second-order valence-electron chi connectivity index (χ2n) is 7.98. The van der Waals surface area contributed by atoms with Crippen molar-refractivity contribution in [3.05, 3.63) is 35.4 Å². The minimum Gasteiger partial charge on any atom is -0.262 e. The Kier molecular flexibility index (Phi) is 5.53. The van der Waals surface area contributed by atoms with Crippen molar-refractivity contribution in [1.82, 2.24) is 9.34 Å². The van der Waals surface area contributed by atoms with Crippen molar-refractivity contribution in [3.63, 3.8) is 0 Å². The number of hydrogen-bond donors (Lipinski definition) is 0. The summed E-state index contributed by atoms with van der Waals surface area (Å²) in [5, 5.41) is 0. The third-order valence-electron chi connectivity index (χ3n) is 5.57. The van der Waals surface area contributed by atoms with Gasteiger partial charge in [-0.05, 0) is 58.6 Å². The summed E-state index contributed by atoms with van der Waals surface area (Å²) in [7, 11) is -2.96. The number of hydrogen-bond acceptors (Lipinski definition) is 1. The molecular weight excluding hydrogens is 329 g/mol. The Hall–Kier alpha value is -0.960. The molecule has 0 spiro atoms. The van der Waals surface area contributed by atoms with Gasteiger partial charge in [0.15, 0.2) is 0 Å². The van der Waals surface area contributed by atoms with Crippen LogP contribution in [0.1, 0.15) is 64.5 Å². The van der Waals surface area contributed by atoms with Crippen molar-refractivity contribution in [1.29, 1.82) is 0 Å². The van der Waals surface area contributed by atoms with Gasteiger partial charge < -0.3 is 0 Å². The lowest BCUT2D eigenvalue weighted by atomic mass is 9.89. The Morgan fingerprint density at radius 3 is 2.04 bits per heavy atom. The summed E-state index contributed by atoms with van der Waals surface area (Å²) in [6.45, 7) is 10.7. The smallest absolute Gasteiger partial charge is 0.262 e. The van der Waals surface area contributed by atoms with Gasteiger partial charge >= 0.3 is 7.59 Å². The van der Waals surface area contributed by atoms with E-state index in [1.807, 2.05) is 24.4 Å². The fourth-order valence-electron chi connectivity index (χ4n) is 4.57. The maximum Gasteiger partial charge on any atom is 0.330 e. The number of rotatable bonds is 4. The molecule has 138 valence electrons. The lowest BCUT2D eigenvalue weighted by Gasteiger charge is -2.33. The average molecular weight is 361 g/mol. The summed E-state index contributed by atoms with van der Waals surface area (Å²) in [6.07, 6.45) is 6.58. The summed E-state index contributed by atoms with van der Waals surface area (Å²) in [5.41, 5.74) is 2.22. The van der Waals surface area contributed by atoms with Gasteiger partial charge in [-0.25, -0.2) is 14.1 Å². The van der Waals surface area contributed by atoms with E-state index in [2.05, 4.69) is 50.0 Å². The molecule has 1 heterocycles. The topological polar surface area (TPSA) is 35.9 Å². The van der Waals surface area contributed by atoms with Crippen molar-refractivity contribution < 1.29 is 4.57 Å². The van der Waals surface area contributed by atoms with Gasteiger partial charge in [0.25, 0.3) is 0 Å². The quantitative estimate of drug-likeness (QED) is 0.541. The third-order valence-corrected chi connectivity index (χ3v) is 8.71. The molecular formula is C20H32N3OP. The molecule has 1 saturated heterocycles. The highest BCUT2D eigenvalue weighted by molar-refractivity contribution is 7.58. The molecule has 2 atom stereocenters. The zero-order chi connectivity index (χ0) is 18.2. The molecule has 1 aromatic rings.